The highest BCUT2D eigenvalue weighted by Crippen LogP contribution is 2.18. The fourth-order valence-corrected chi connectivity index (χ4v) is 1.73. The van der Waals surface area contributed by atoms with Crippen molar-refractivity contribution < 1.29 is 20.1 Å². The van der Waals surface area contributed by atoms with E-state index >= 15 is 0 Å². The molecule has 0 aliphatic heterocycles. The standard InChI is InChI=1S/C13H19NO4/c1-14-8-11(15)13(18)10-4-2-3-9(7-10)5-6-12(16)17/h2-4,7,11,13-15,18H,5-6,8H2,1H3,(H,16,17). The van der Waals surface area contributed by atoms with E-state index in [0.29, 0.717) is 18.5 Å². The molecule has 0 aliphatic carbocycles. The minimum atomic E-state index is -0.970. The zero-order valence-electron chi connectivity index (χ0n) is 10.3. The van der Waals surface area contributed by atoms with Gasteiger partial charge in [-0.3, -0.25) is 4.79 Å². The van der Waals surface area contributed by atoms with Crippen molar-refractivity contribution >= 4 is 5.97 Å². The predicted octanol–water partition coefficient (Wildman–Crippen LogP) is 0.317. The van der Waals surface area contributed by atoms with Crippen LogP contribution in [0.5, 0.6) is 0 Å². The molecular formula is C13H19NO4. The highest BCUT2D eigenvalue weighted by Gasteiger charge is 2.17. The first kappa shape index (κ1) is 14.6. The first-order chi connectivity index (χ1) is 8.54. The summed E-state index contributed by atoms with van der Waals surface area (Å²) in [5.41, 5.74) is 1.44. The highest BCUT2D eigenvalue weighted by molar-refractivity contribution is 5.67. The van der Waals surface area contributed by atoms with Crippen LogP contribution < -0.4 is 5.32 Å². The van der Waals surface area contributed by atoms with Gasteiger partial charge in [-0.05, 0) is 24.6 Å². The van der Waals surface area contributed by atoms with Crippen LogP contribution in [0.15, 0.2) is 24.3 Å². The molecule has 0 spiro atoms. The maximum Gasteiger partial charge on any atom is 0.303 e. The van der Waals surface area contributed by atoms with Gasteiger partial charge >= 0.3 is 5.97 Å². The molecule has 0 bridgehead atoms. The van der Waals surface area contributed by atoms with E-state index in [4.69, 9.17) is 5.11 Å². The van der Waals surface area contributed by atoms with Crippen molar-refractivity contribution in [3.8, 4) is 0 Å². The second-order valence-electron chi connectivity index (χ2n) is 4.21. The molecule has 100 valence electrons. The molecule has 0 amide bonds. The molecule has 2 unspecified atom stereocenters. The van der Waals surface area contributed by atoms with Gasteiger partial charge in [0, 0.05) is 13.0 Å². The average molecular weight is 253 g/mol. The summed E-state index contributed by atoms with van der Waals surface area (Å²) in [6.45, 7) is 0.292. The number of aliphatic hydroxyl groups is 2. The number of hydrogen-bond acceptors (Lipinski definition) is 4. The van der Waals surface area contributed by atoms with Crippen LogP contribution >= 0.6 is 0 Å². The largest absolute Gasteiger partial charge is 0.481 e. The van der Waals surface area contributed by atoms with Crippen LogP contribution in [0.2, 0.25) is 0 Å². The van der Waals surface area contributed by atoms with Crippen molar-refractivity contribution in [3.63, 3.8) is 0 Å². The number of aliphatic carboxylic acids is 1. The molecular weight excluding hydrogens is 234 g/mol. The van der Waals surface area contributed by atoms with Gasteiger partial charge in [0.1, 0.15) is 6.10 Å². The molecule has 0 heterocycles. The van der Waals surface area contributed by atoms with E-state index in [1.807, 2.05) is 6.07 Å². The summed E-state index contributed by atoms with van der Waals surface area (Å²) in [5, 5.41) is 31.0. The minimum absolute atomic E-state index is 0.0542. The van der Waals surface area contributed by atoms with Crippen LogP contribution in [0.4, 0.5) is 0 Å². The molecule has 0 radical (unpaired) electrons. The van der Waals surface area contributed by atoms with Gasteiger partial charge < -0.3 is 20.6 Å². The summed E-state index contributed by atoms with van der Waals surface area (Å²) >= 11 is 0. The Hall–Kier alpha value is -1.43. The Morgan fingerprint density at radius 2 is 2.11 bits per heavy atom. The third-order valence-corrected chi connectivity index (χ3v) is 2.70. The Labute approximate surface area is 106 Å². The van der Waals surface area contributed by atoms with E-state index in [2.05, 4.69) is 5.32 Å². The molecule has 0 saturated carbocycles. The quantitative estimate of drug-likeness (QED) is 0.562. The molecule has 1 rings (SSSR count). The number of rotatable bonds is 7. The summed E-state index contributed by atoms with van der Waals surface area (Å²) in [6.07, 6.45) is -1.39. The lowest BCUT2D eigenvalue weighted by Gasteiger charge is -2.18. The van der Waals surface area contributed by atoms with Gasteiger partial charge in [0.15, 0.2) is 0 Å². The molecule has 0 aromatic heterocycles. The van der Waals surface area contributed by atoms with Crippen LogP contribution in [0.25, 0.3) is 0 Å². The SMILES string of the molecule is CNCC(O)C(O)c1cccc(CCC(=O)O)c1. The van der Waals surface area contributed by atoms with Gasteiger partial charge in [-0.2, -0.15) is 0 Å². The lowest BCUT2D eigenvalue weighted by atomic mass is 10.00. The summed E-state index contributed by atoms with van der Waals surface area (Å²) in [6, 6.07) is 7.01. The minimum Gasteiger partial charge on any atom is -0.481 e. The van der Waals surface area contributed by atoms with Gasteiger partial charge in [-0.1, -0.05) is 24.3 Å². The molecule has 1 aromatic rings. The summed E-state index contributed by atoms with van der Waals surface area (Å²) in [4.78, 5) is 10.5. The number of likely N-dealkylation sites (N-methyl/N-ethyl adjacent to an activating group) is 1. The van der Waals surface area contributed by atoms with E-state index in [1.165, 1.54) is 0 Å². The topological polar surface area (TPSA) is 89.8 Å². The highest BCUT2D eigenvalue weighted by atomic mass is 16.4. The van der Waals surface area contributed by atoms with Crippen molar-refractivity contribution in [1.82, 2.24) is 5.32 Å². The third kappa shape index (κ3) is 4.44. The van der Waals surface area contributed by atoms with Gasteiger partial charge in [-0.15, -0.1) is 0 Å². The molecule has 4 N–H and O–H groups in total. The molecule has 0 saturated heterocycles. The van der Waals surface area contributed by atoms with Crippen molar-refractivity contribution in [1.29, 1.82) is 0 Å². The third-order valence-electron chi connectivity index (χ3n) is 2.70. The van der Waals surface area contributed by atoms with Crippen molar-refractivity contribution in [3.05, 3.63) is 35.4 Å². The summed E-state index contributed by atoms with van der Waals surface area (Å²) in [5.74, 6) is -0.851. The second kappa shape index (κ2) is 7.10. The Morgan fingerprint density at radius 1 is 1.39 bits per heavy atom. The first-order valence-corrected chi connectivity index (χ1v) is 5.86. The van der Waals surface area contributed by atoms with Crippen molar-refractivity contribution in [2.75, 3.05) is 13.6 Å². The lowest BCUT2D eigenvalue weighted by molar-refractivity contribution is -0.136. The number of aliphatic hydroxyl groups excluding tert-OH is 2. The fraction of sp³-hybridized carbons (Fsp3) is 0.462. The molecule has 1 aromatic carbocycles. The molecule has 5 nitrogen and oxygen atoms in total. The number of carboxylic acid groups (broad SMARTS) is 1. The molecule has 2 atom stereocenters. The Balaban J connectivity index is 2.71. The van der Waals surface area contributed by atoms with E-state index in [-0.39, 0.29) is 6.42 Å². The zero-order valence-corrected chi connectivity index (χ0v) is 10.3. The van der Waals surface area contributed by atoms with Gasteiger partial charge in [0.2, 0.25) is 0 Å². The van der Waals surface area contributed by atoms with Crippen LogP contribution in [-0.4, -0.2) is 41.0 Å². The number of aryl methyl sites for hydroxylation is 1. The van der Waals surface area contributed by atoms with E-state index in [1.54, 1.807) is 25.2 Å². The maximum absolute atomic E-state index is 10.5. The lowest BCUT2D eigenvalue weighted by Crippen LogP contribution is -2.29. The Bertz CT molecular complexity index is 394. The number of nitrogens with one attached hydrogen (secondary N) is 1. The van der Waals surface area contributed by atoms with E-state index in [9.17, 15) is 15.0 Å². The van der Waals surface area contributed by atoms with Gasteiger partial charge in [0.05, 0.1) is 6.10 Å². The van der Waals surface area contributed by atoms with Crippen LogP contribution in [-0.2, 0) is 11.2 Å². The number of hydrogen-bond donors (Lipinski definition) is 4. The monoisotopic (exact) mass is 253 g/mol. The molecule has 5 heteroatoms. The van der Waals surface area contributed by atoms with Crippen LogP contribution in [0.3, 0.4) is 0 Å². The molecule has 0 aliphatic rings. The van der Waals surface area contributed by atoms with Crippen molar-refractivity contribution in [2.24, 2.45) is 0 Å². The average Bonchev–Trinajstić information content (AvgIpc) is 2.36. The van der Waals surface area contributed by atoms with Gasteiger partial charge in [0.25, 0.3) is 0 Å². The Morgan fingerprint density at radius 3 is 2.72 bits per heavy atom. The van der Waals surface area contributed by atoms with E-state index in [0.717, 1.165) is 5.56 Å². The number of carbonyl (C=O) groups is 1. The van der Waals surface area contributed by atoms with Crippen LogP contribution in [0.1, 0.15) is 23.7 Å². The fourth-order valence-electron chi connectivity index (χ4n) is 1.73. The predicted molar refractivity (Wildman–Crippen MR) is 67.3 cm³/mol. The summed E-state index contributed by atoms with van der Waals surface area (Å²) in [7, 11) is 1.69. The molecule has 0 fully saturated rings. The molecule has 18 heavy (non-hydrogen) atoms. The normalized spacial score (nSPS) is 14.2. The summed E-state index contributed by atoms with van der Waals surface area (Å²) < 4.78 is 0. The Kier molecular flexibility index (Phi) is 5.77. The van der Waals surface area contributed by atoms with Gasteiger partial charge in [-0.25, -0.2) is 0 Å². The maximum atomic E-state index is 10.5. The zero-order chi connectivity index (χ0) is 13.5. The smallest absolute Gasteiger partial charge is 0.303 e. The van der Waals surface area contributed by atoms with Crippen LogP contribution in [0, 0.1) is 0 Å². The second-order valence-corrected chi connectivity index (χ2v) is 4.21. The number of carboxylic acids is 1. The number of benzene rings is 1. The van der Waals surface area contributed by atoms with E-state index < -0.39 is 18.2 Å². The van der Waals surface area contributed by atoms with Crippen molar-refractivity contribution in [2.45, 2.75) is 25.0 Å². The first-order valence-electron chi connectivity index (χ1n) is 5.86.